The number of carbonyl (C=O) groups is 1. The first kappa shape index (κ1) is 14.5. The van der Waals surface area contributed by atoms with Crippen molar-refractivity contribution in [1.82, 2.24) is 10.2 Å². The maximum Gasteiger partial charge on any atom is 0.225 e. The van der Waals surface area contributed by atoms with E-state index in [1.165, 1.54) is 0 Å². The molecule has 0 spiro atoms. The molecule has 2 unspecified atom stereocenters. The molecule has 0 aromatic carbocycles. The molecule has 1 aliphatic rings. The Labute approximate surface area is 104 Å². The first-order valence-corrected chi connectivity index (χ1v) is 6.58. The third-order valence-corrected chi connectivity index (χ3v) is 3.24. The van der Waals surface area contributed by atoms with E-state index in [9.17, 15) is 9.90 Å². The average Bonchev–Trinajstić information content (AvgIpc) is 2.23. The highest BCUT2D eigenvalue weighted by Gasteiger charge is 2.30. The zero-order valence-corrected chi connectivity index (χ0v) is 11.5. The minimum atomic E-state index is -0.815. The van der Waals surface area contributed by atoms with E-state index in [1.54, 1.807) is 18.7 Å². The minimum absolute atomic E-state index is 0.119. The molecule has 2 N–H and O–H groups in total. The summed E-state index contributed by atoms with van der Waals surface area (Å²) < 4.78 is 0. The molecule has 1 heterocycles. The van der Waals surface area contributed by atoms with E-state index >= 15 is 0 Å². The summed E-state index contributed by atoms with van der Waals surface area (Å²) in [4.78, 5) is 14.1. The molecule has 0 aromatic rings. The maximum absolute atomic E-state index is 12.3. The lowest BCUT2D eigenvalue weighted by molar-refractivity contribution is -0.139. The Bertz CT molecular complexity index is 261. The lowest BCUT2D eigenvalue weighted by atomic mass is 9.91. The van der Waals surface area contributed by atoms with Gasteiger partial charge >= 0.3 is 0 Å². The predicted molar refractivity (Wildman–Crippen MR) is 68.7 cm³/mol. The monoisotopic (exact) mass is 242 g/mol. The molecular formula is C13H26N2O2. The second-order valence-electron chi connectivity index (χ2n) is 5.74. The van der Waals surface area contributed by atoms with Crippen LogP contribution < -0.4 is 5.32 Å². The Morgan fingerprint density at radius 1 is 1.53 bits per heavy atom. The van der Waals surface area contributed by atoms with Gasteiger partial charge in [-0.2, -0.15) is 0 Å². The van der Waals surface area contributed by atoms with Gasteiger partial charge in [0.05, 0.1) is 5.60 Å². The summed E-state index contributed by atoms with van der Waals surface area (Å²) in [6, 6.07) is 0.415. The fourth-order valence-corrected chi connectivity index (χ4v) is 2.43. The largest absolute Gasteiger partial charge is 0.389 e. The van der Waals surface area contributed by atoms with Crippen LogP contribution in [0, 0.1) is 5.92 Å². The highest BCUT2D eigenvalue weighted by molar-refractivity contribution is 5.79. The molecule has 2 atom stereocenters. The standard InChI is InChI=1S/C13H26N2O2/c1-5-15(9-13(3,4)17)12(16)11-6-7-14-10(2)8-11/h10-11,14,17H,5-9H2,1-4H3. The molecule has 4 heteroatoms. The number of piperidine rings is 1. The fourth-order valence-electron chi connectivity index (χ4n) is 2.43. The van der Waals surface area contributed by atoms with Crippen molar-refractivity contribution in [3.05, 3.63) is 0 Å². The van der Waals surface area contributed by atoms with Crippen LogP contribution in [0.15, 0.2) is 0 Å². The molecule has 1 aliphatic heterocycles. The van der Waals surface area contributed by atoms with Crippen molar-refractivity contribution in [2.45, 2.75) is 52.2 Å². The number of carbonyl (C=O) groups excluding carboxylic acids is 1. The highest BCUT2D eigenvalue weighted by atomic mass is 16.3. The smallest absolute Gasteiger partial charge is 0.225 e. The van der Waals surface area contributed by atoms with Crippen molar-refractivity contribution in [3.8, 4) is 0 Å². The zero-order valence-electron chi connectivity index (χ0n) is 11.5. The van der Waals surface area contributed by atoms with E-state index < -0.39 is 5.60 Å². The van der Waals surface area contributed by atoms with Gasteiger partial charge in [0.2, 0.25) is 5.91 Å². The third-order valence-electron chi connectivity index (χ3n) is 3.24. The van der Waals surface area contributed by atoms with Gasteiger partial charge in [0.1, 0.15) is 0 Å². The van der Waals surface area contributed by atoms with Gasteiger partial charge < -0.3 is 15.3 Å². The molecule has 0 radical (unpaired) electrons. The Morgan fingerprint density at radius 2 is 2.18 bits per heavy atom. The van der Waals surface area contributed by atoms with Gasteiger partial charge in [0.25, 0.3) is 0 Å². The van der Waals surface area contributed by atoms with Crippen LogP contribution >= 0.6 is 0 Å². The van der Waals surface area contributed by atoms with Crippen LogP contribution in [-0.4, -0.2) is 47.2 Å². The normalized spacial score (nSPS) is 25.7. The maximum atomic E-state index is 12.3. The molecule has 17 heavy (non-hydrogen) atoms. The summed E-state index contributed by atoms with van der Waals surface area (Å²) in [5.41, 5.74) is -0.815. The number of likely N-dealkylation sites (N-methyl/N-ethyl adjacent to an activating group) is 1. The average molecular weight is 242 g/mol. The molecule has 0 aliphatic carbocycles. The van der Waals surface area contributed by atoms with Gasteiger partial charge in [-0.3, -0.25) is 4.79 Å². The van der Waals surface area contributed by atoms with Crippen LogP contribution in [-0.2, 0) is 4.79 Å². The van der Waals surface area contributed by atoms with Gasteiger partial charge in [-0.1, -0.05) is 0 Å². The van der Waals surface area contributed by atoms with Gasteiger partial charge in [0, 0.05) is 25.0 Å². The second-order valence-corrected chi connectivity index (χ2v) is 5.74. The van der Waals surface area contributed by atoms with Crippen LogP contribution in [0.1, 0.15) is 40.5 Å². The number of nitrogens with one attached hydrogen (secondary N) is 1. The van der Waals surface area contributed by atoms with Crippen LogP contribution in [0.25, 0.3) is 0 Å². The second kappa shape index (κ2) is 5.83. The van der Waals surface area contributed by atoms with Gasteiger partial charge in [-0.15, -0.1) is 0 Å². The number of hydrogen-bond acceptors (Lipinski definition) is 3. The molecule has 4 nitrogen and oxygen atoms in total. The van der Waals surface area contributed by atoms with Crippen molar-refractivity contribution in [2.24, 2.45) is 5.92 Å². The summed E-state index contributed by atoms with van der Waals surface area (Å²) in [5.74, 6) is 0.316. The van der Waals surface area contributed by atoms with E-state index in [0.717, 1.165) is 19.4 Å². The predicted octanol–water partition coefficient (Wildman–Crippen LogP) is 0.994. The Morgan fingerprint density at radius 3 is 2.65 bits per heavy atom. The molecule has 1 fully saturated rings. The van der Waals surface area contributed by atoms with E-state index in [0.29, 0.717) is 19.1 Å². The first-order valence-electron chi connectivity index (χ1n) is 6.58. The van der Waals surface area contributed by atoms with Crippen molar-refractivity contribution in [2.75, 3.05) is 19.6 Å². The van der Waals surface area contributed by atoms with Gasteiger partial charge in [-0.05, 0) is 47.1 Å². The third kappa shape index (κ3) is 4.64. The first-order chi connectivity index (χ1) is 7.83. The number of amides is 1. The van der Waals surface area contributed by atoms with Crippen LogP contribution in [0.4, 0.5) is 0 Å². The number of hydrogen-bond donors (Lipinski definition) is 2. The minimum Gasteiger partial charge on any atom is -0.389 e. The number of nitrogens with zero attached hydrogens (tertiary/aromatic N) is 1. The summed E-state index contributed by atoms with van der Waals surface area (Å²) in [5, 5.41) is 13.2. The van der Waals surface area contributed by atoms with E-state index in [2.05, 4.69) is 12.2 Å². The molecule has 100 valence electrons. The van der Waals surface area contributed by atoms with E-state index in [4.69, 9.17) is 0 Å². The fraction of sp³-hybridized carbons (Fsp3) is 0.923. The lowest BCUT2D eigenvalue weighted by Crippen LogP contribution is -2.48. The Balaban J connectivity index is 2.59. The van der Waals surface area contributed by atoms with Crippen LogP contribution in [0.5, 0.6) is 0 Å². The molecular weight excluding hydrogens is 216 g/mol. The van der Waals surface area contributed by atoms with Crippen LogP contribution in [0.3, 0.4) is 0 Å². The Hall–Kier alpha value is -0.610. The van der Waals surface area contributed by atoms with Crippen molar-refractivity contribution in [1.29, 1.82) is 0 Å². The molecule has 0 aromatic heterocycles. The summed E-state index contributed by atoms with van der Waals surface area (Å²) in [7, 11) is 0. The summed E-state index contributed by atoms with van der Waals surface area (Å²) >= 11 is 0. The van der Waals surface area contributed by atoms with E-state index in [-0.39, 0.29) is 11.8 Å². The SMILES string of the molecule is CCN(CC(C)(C)O)C(=O)C1CCNC(C)C1. The molecule has 0 bridgehead atoms. The van der Waals surface area contributed by atoms with Crippen LogP contribution in [0.2, 0.25) is 0 Å². The quantitative estimate of drug-likeness (QED) is 0.773. The van der Waals surface area contributed by atoms with Gasteiger partial charge in [0.15, 0.2) is 0 Å². The van der Waals surface area contributed by atoms with Crippen molar-refractivity contribution >= 4 is 5.91 Å². The highest BCUT2D eigenvalue weighted by Crippen LogP contribution is 2.19. The summed E-state index contributed by atoms with van der Waals surface area (Å²) in [6.45, 7) is 9.57. The Kier molecular flexibility index (Phi) is 4.95. The number of rotatable bonds is 4. The van der Waals surface area contributed by atoms with Crippen molar-refractivity contribution < 1.29 is 9.90 Å². The molecule has 1 rings (SSSR count). The zero-order chi connectivity index (χ0) is 13.1. The van der Waals surface area contributed by atoms with E-state index in [1.807, 2.05) is 6.92 Å². The molecule has 1 amide bonds. The van der Waals surface area contributed by atoms with Gasteiger partial charge in [-0.25, -0.2) is 0 Å². The van der Waals surface area contributed by atoms with Crippen molar-refractivity contribution in [3.63, 3.8) is 0 Å². The lowest BCUT2D eigenvalue weighted by Gasteiger charge is -2.34. The molecule has 1 saturated heterocycles. The summed E-state index contributed by atoms with van der Waals surface area (Å²) in [6.07, 6.45) is 1.81. The topological polar surface area (TPSA) is 52.6 Å². The molecule has 0 saturated carbocycles. The number of aliphatic hydroxyl groups is 1.